The van der Waals surface area contributed by atoms with Gasteiger partial charge in [-0.3, -0.25) is 0 Å². The van der Waals surface area contributed by atoms with Crippen LogP contribution in [0.2, 0.25) is 0 Å². The van der Waals surface area contributed by atoms with E-state index in [4.69, 9.17) is 9.47 Å². The van der Waals surface area contributed by atoms with E-state index in [0.29, 0.717) is 13.2 Å². The number of aryl methyl sites for hydroxylation is 2. The van der Waals surface area contributed by atoms with Crippen LogP contribution in [-0.4, -0.2) is 13.2 Å². The summed E-state index contributed by atoms with van der Waals surface area (Å²) in [6.07, 6.45) is 0. The molecule has 0 aliphatic carbocycles. The molecule has 0 radical (unpaired) electrons. The zero-order valence-electron chi connectivity index (χ0n) is 15.4. The van der Waals surface area contributed by atoms with Gasteiger partial charge in [-0.2, -0.15) is 0 Å². The predicted octanol–water partition coefficient (Wildman–Crippen LogP) is 5.37. The van der Waals surface area contributed by atoms with E-state index in [-0.39, 0.29) is 0 Å². The first-order valence-corrected chi connectivity index (χ1v) is 8.91. The molecule has 0 unspecified atom stereocenters. The van der Waals surface area contributed by atoms with E-state index in [9.17, 15) is 0 Å². The van der Waals surface area contributed by atoms with E-state index in [0.717, 1.165) is 29.3 Å². The third-order valence-corrected chi connectivity index (χ3v) is 4.14. The molecule has 3 heteroatoms. The second-order valence-electron chi connectivity index (χ2n) is 6.34. The van der Waals surface area contributed by atoms with Crippen LogP contribution in [0.25, 0.3) is 0 Å². The molecule has 0 spiro atoms. The van der Waals surface area contributed by atoms with Gasteiger partial charge in [0, 0.05) is 12.2 Å². The second-order valence-corrected chi connectivity index (χ2v) is 6.34. The number of ether oxygens (including phenoxy) is 2. The van der Waals surface area contributed by atoms with Crippen LogP contribution >= 0.6 is 0 Å². The van der Waals surface area contributed by atoms with Gasteiger partial charge in [0.2, 0.25) is 0 Å². The van der Waals surface area contributed by atoms with Crippen molar-refractivity contribution in [1.82, 2.24) is 0 Å². The first kappa shape index (κ1) is 17.9. The van der Waals surface area contributed by atoms with Gasteiger partial charge in [0.1, 0.15) is 24.7 Å². The van der Waals surface area contributed by atoms with Gasteiger partial charge in [-0.05, 0) is 60.9 Å². The third kappa shape index (κ3) is 5.28. The van der Waals surface area contributed by atoms with Gasteiger partial charge in [0.25, 0.3) is 0 Å². The summed E-state index contributed by atoms with van der Waals surface area (Å²) in [5, 5.41) is 3.37. The average Bonchev–Trinajstić information content (AvgIpc) is 2.68. The lowest BCUT2D eigenvalue weighted by Crippen LogP contribution is -2.12. The minimum absolute atomic E-state index is 0.581. The van der Waals surface area contributed by atoms with E-state index in [1.165, 1.54) is 11.1 Å². The van der Waals surface area contributed by atoms with Crippen molar-refractivity contribution in [2.75, 3.05) is 18.5 Å². The molecule has 0 bridgehead atoms. The van der Waals surface area contributed by atoms with Crippen molar-refractivity contribution in [3.05, 3.63) is 89.5 Å². The fourth-order valence-corrected chi connectivity index (χ4v) is 2.63. The Bertz CT molecular complexity index is 813. The Kier molecular flexibility index (Phi) is 6.15. The molecule has 3 aromatic carbocycles. The molecule has 3 aromatic rings. The largest absolute Gasteiger partial charge is 0.491 e. The molecule has 0 saturated heterocycles. The van der Waals surface area contributed by atoms with E-state index in [1.54, 1.807) is 0 Å². The smallest absolute Gasteiger partial charge is 0.122 e. The van der Waals surface area contributed by atoms with Crippen LogP contribution in [0.5, 0.6) is 11.5 Å². The normalized spacial score (nSPS) is 10.4. The molecule has 0 aliphatic rings. The second kappa shape index (κ2) is 8.95. The molecular weight excluding hydrogens is 322 g/mol. The number of benzene rings is 3. The van der Waals surface area contributed by atoms with Crippen molar-refractivity contribution in [2.45, 2.75) is 20.5 Å². The Hall–Kier alpha value is -2.94. The first-order chi connectivity index (χ1) is 12.7. The minimum Gasteiger partial charge on any atom is -0.491 e. The lowest BCUT2D eigenvalue weighted by molar-refractivity contribution is 0.306. The maximum absolute atomic E-state index is 5.86. The van der Waals surface area contributed by atoms with Gasteiger partial charge in [0.15, 0.2) is 0 Å². The first-order valence-electron chi connectivity index (χ1n) is 8.91. The third-order valence-electron chi connectivity index (χ3n) is 4.14. The van der Waals surface area contributed by atoms with Crippen LogP contribution in [-0.2, 0) is 6.61 Å². The number of hydrogen-bond donors (Lipinski definition) is 1. The van der Waals surface area contributed by atoms with Gasteiger partial charge in [-0.15, -0.1) is 0 Å². The van der Waals surface area contributed by atoms with Gasteiger partial charge >= 0.3 is 0 Å². The summed E-state index contributed by atoms with van der Waals surface area (Å²) in [6.45, 7) is 6.09. The summed E-state index contributed by atoms with van der Waals surface area (Å²) in [5.41, 5.74) is 4.60. The van der Waals surface area contributed by atoms with Gasteiger partial charge < -0.3 is 14.8 Å². The zero-order chi connectivity index (χ0) is 18.2. The standard InChI is InChI=1S/C23H25NO2/c1-18-8-9-19(2)23(16-18)25-15-14-24-21-10-12-22(13-11-21)26-17-20-6-4-3-5-7-20/h3-13,16,24H,14-15,17H2,1-2H3. The summed E-state index contributed by atoms with van der Waals surface area (Å²) >= 11 is 0. The number of anilines is 1. The van der Waals surface area contributed by atoms with Crippen molar-refractivity contribution in [2.24, 2.45) is 0 Å². The van der Waals surface area contributed by atoms with Gasteiger partial charge in [-0.25, -0.2) is 0 Å². The molecule has 134 valence electrons. The fraction of sp³-hybridized carbons (Fsp3) is 0.217. The molecule has 0 atom stereocenters. The lowest BCUT2D eigenvalue weighted by atomic mass is 10.1. The van der Waals surface area contributed by atoms with Crippen molar-refractivity contribution < 1.29 is 9.47 Å². The van der Waals surface area contributed by atoms with E-state index >= 15 is 0 Å². The minimum atomic E-state index is 0.581. The van der Waals surface area contributed by atoms with Crippen LogP contribution in [0.4, 0.5) is 5.69 Å². The summed E-state index contributed by atoms with van der Waals surface area (Å²) in [7, 11) is 0. The van der Waals surface area contributed by atoms with Crippen LogP contribution in [0, 0.1) is 13.8 Å². The van der Waals surface area contributed by atoms with E-state index in [2.05, 4.69) is 49.5 Å². The fourth-order valence-electron chi connectivity index (χ4n) is 2.63. The molecule has 26 heavy (non-hydrogen) atoms. The summed E-state index contributed by atoms with van der Waals surface area (Å²) in [6, 6.07) is 24.5. The molecule has 0 fully saturated rings. The van der Waals surface area contributed by atoms with Crippen molar-refractivity contribution in [3.8, 4) is 11.5 Å². The molecule has 1 N–H and O–H groups in total. The highest BCUT2D eigenvalue weighted by Gasteiger charge is 2.00. The zero-order valence-corrected chi connectivity index (χ0v) is 15.4. The predicted molar refractivity (Wildman–Crippen MR) is 107 cm³/mol. The Morgan fingerprint density at radius 3 is 2.35 bits per heavy atom. The maximum atomic E-state index is 5.86. The van der Waals surface area contributed by atoms with Crippen LogP contribution in [0.15, 0.2) is 72.8 Å². The van der Waals surface area contributed by atoms with Crippen molar-refractivity contribution >= 4 is 5.69 Å². The molecule has 0 aromatic heterocycles. The molecule has 0 amide bonds. The Morgan fingerprint density at radius 1 is 0.808 bits per heavy atom. The van der Waals surface area contributed by atoms with Gasteiger partial charge in [-0.1, -0.05) is 42.5 Å². The monoisotopic (exact) mass is 347 g/mol. The van der Waals surface area contributed by atoms with Crippen molar-refractivity contribution in [1.29, 1.82) is 0 Å². The quantitative estimate of drug-likeness (QED) is 0.555. The summed E-state index contributed by atoms with van der Waals surface area (Å²) < 4.78 is 11.7. The summed E-state index contributed by atoms with van der Waals surface area (Å²) in [4.78, 5) is 0. The van der Waals surface area contributed by atoms with Crippen LogP contribution in [0.1, 0.15) is 16.7 Å². The molecule has 0 aliphatic heterocycles. The van der Waals surface area contributed by atoms with Crippen LogP contribution < -0.4 is 14.8 Å². The topological polar surface area (TPSA) is 30.5 Å². The molecular formula is C23H25NO2. The number of hydrogen-bond acceptors (Lipinski definition) is 3. The lowest BCUT2D eigenvalue weighted by Gasteiger charge is -2.12. The maximum Gasteiger partial charge on any atom is 0.122 e. The Labute approximate surface area is 155 Å². The average molecular weight is 347 g/mol. The SMILES string of the molecule is Cc1ccc(C)c(OCCNc2ccc(OCc3ccccc3)cc2)c1. The Morgan fingerprint density at radius 2 is 1.58 bits per heavy atom. The molecule has 0 saturated carbocycles. The van der Waals surface area contributed by atoms with E-state index < -0.39 is 0 Å². The highest BCUT2D eigenvalue weighted by atomic mass is 16.5. The molecule has 0 heterocycles. The Balaban J connectivity index is 1.42. The number of nitrogens with one attached hydrogen (secondary N) is 1. The van der Waals surface area contributed by atoms with Crippen LogP contribution in [0.3, 0.4) is 0 Å². The molecule has 3 nitrogen and oxygen atoms in total. The molecule has 3 rings (SSSR count). The highest BCUT2D eigenvalue weighted by molar-refractivity contribution is 5.46. The number of rotatable bonds is 8. The van der Waals surface area contributed by atoms with E-state index in [1.807, 2.05) is 42.5 Å². The van der Waals surface area contributed by atoms with Crippen molar-refractivity contribution in [3.63, 3.8) is 0 Å². The highest BCUT2D eigenvalue weighted by Crippen LogP contribution is 2.19. The summed E-state index contributed by atoms with van der Waals surface area (Å²) in [5.74, 6) is 1.82. The van der Waals surface area contributed by atoms with Gasteiger partial charge in [0.05, 0.1) is 0 Å².